The Balaban J connectivity index is 1.61. The molecule has 0 radical (unpaired) electrons. The van der Waals surface area contributed by atoms with Crippen molar-refractivity contribution < 1.29 is 4.79 Å². The second-order valence-corrected chi connectivity index (χ2v) is 6.77. The molecular formula is C20H20N4O2. The molecule has 4 rings (SSSR count). The lowest BCUT2D eigenvalue weighted by molar-refractivity contribution is -0.116. The fourth-order valence-corrected chi connectivity index (χ4v) is 3.40. The van der Waals surface area contributed by atoms with Gasteiger partial charge in [0.2, 0.25) is 5.91 Å². The summed E-state index contributed by atoms with van der Waals surface area (Å²) in [5.74, 6) is -0.259. The highest BCUT2D eigenvalue weighted by molar-refractivity contribution is 5.90. The van der Waals surface area contributed by atoms with Crippen LogP contribution < -0.4 is 10.9 Å². The molecule has 0 saturated heterocycles. The molecule has 132 valence electrons. The van der Waals surface area contributed by atoms with Crippen LogP contribution in [0.4, 0.5) is 5.69 Å². The lowest BCUT2D eigenvalue weighted by Crippen LogP contribution is -2.28. The van der Waals surface area contributed by atoms with Crippen LogP contribution in [0.25, 0.3) is 11.0 Å². The van der Waals surface area contributed by atoms with Gasteiger partial charge in [-0.15, -0.1) is 0 Å². The number of hydrogen-bond donors (Lipinski definition) is 1. The van der Waals surface area contributed by atoms with Crippen LogP contribution >= 0.6 is 0 Å². The molecule has 0 saturated carbocycles. The standard InChI is InChI=1S/C20H20N4O2/c1-13-5-4-7-15(9-13)22-18(25)11-24-12-21-19-16(20(24)26)10-14-6-2-3-8-17(14)23-19/h4-5,7,9-10,12H,2-3,6,8,11H2,1H3,(H,22,25). The summed E-state index contributed by atoms with van der Waals surface area (Å²) in [5.41, 5.74) is 4.19. The van der Waals surface area contributed by atoms with Crippen LogP contribution in [-0.2, 0) is 24.2 Å². The Morgan fingerprint density at radius 3 is 2.92 bits per heavy atom. The van der Waals surface area contributed by atoms with E-state index in [-0.39, 0.29) is 18.0 Å². The summed E-state index contributed by atoms with van der Waals surface area (Å²) in [5, 5.41) is 3.30. The quantitative estimate of drug-likeness (QED) is 0.789. The van der Waals surface area contributed by atoms with Crippen molar-refractivity contribution in [1.82, 2.24) is 14.5 Å². The van der Waals surface area contributed by atoms with E-state index in [2.05, 4.69) is 15.3 Å². The van der Waals surface area contributed by atoms with Gasteiger partial charge in [0.05, 0.1) is 5.39 Å². The summed E-state index contributed by atoms with van der Waals surface area (Å²) >= 11 is 0. The summed E-state index contributed by atoms with van der Waals surface area (Å²) < 4.78 is 1.34. The van der Waals surface area contributed by atoms with Gasteiger partial charge in [-0.25, -0.2) is 9.97 Å². The molecule has 2 aromatic heterocycles. The van der Waals surface area contributed by atoms with Crippen LogP contribution in [0.5, 0.6) is 0 Å². The van der Waals surface area contributed by atoms with Crippen molar-refractivity contribution in [2.75, 3.05) is 5.32 Å². The van der Waals surface area contributed by atoms with Crippen molar-refractivity contribution in [2.45, 2.75) is 39.2 Å². The van der Waals surface area contributed by atoms with Gasteiger partial charge >= 0.3 is 0 Å². The number of aromatic nitrogens is 3. The minimum Gasteiger partial charge on any atom is -0.325 e. The van der Waals surface area contributed by atoms with Crippen LogP contribution in [0.1, 0.15) is 29.7 Å². The summed E-state index contributed by atoms with van der Waals surface area (Å²) in [6, 6.07) is 9.45. The zero-order valence-corrected chi connectivity index (χ0v) is 14.7. The Hall–Kier alpha value is -3.02. The van der Waals surface area contributed by atoms with Crippen LogP contribution in [-0.4, -0.2) is 20.4 Å². The second-order valence-electron chi connectivity index (χ2n) is 6.77. The minimum atomic E-state index is -0.259. The highest BCUT2D eigenvalue weighted by atomic mass is 16.2. The predicted molar refractivity (Wildman–Crippen MR) is 100 cm³/mol. The van der Waals surface area contributed by atoms with E-state index < -0.39 is 0 Å². The Kier molecular flexibility index (Phi) is 4.24. The first kappa shape index (κ1) is 16.4. The van der Waals surface area contributed by atoms with Crippen molar-refractivity contribution in [3.8, 4) is 0 Å². The SMILES string of the molecule is Cc1cccc(NC(=O)Cn2cnc3nc4c(cc3c2=O)CCCC4)c1. The molecule has 0 atom stereocenters. The molecule has 1 amide bonds. The zero-order chi connectivity index (χ0) is 18.1. The Labute approximate surface area is 150 Å². The van der Waals surface area contributed by atoms with E-state index in [0.717, 1.165) is 42.5 Å². The first-order valence-corrected chi connectivity index (χ1v) is 8.84. The van der Waals surface area contributed by atoms with E-state index in [1.807, 2.05) is 37.3 Å². The van der Waals surface area contributed by atoms with Gasteiger partial charge in [-0.2, -0.15) is 0 Å². The third-order valence-electron chi connectivity index (χ3n) is 4.71. The van der Waals surface area contributed by atoms with Gasteiger partial charge in [0.1, 0.15) is 12.9 Å². The molecule has 1 aliphatic carbocycles. The van der Waals surface area contributed by atoms with Gasteiger partial charge < -0.3 is 5.32 Å². The molecule has 1 N–H and O–H groups in total. The number of aryl methyl sites for hydroxylation is 3. The molecule has 6 nitrogen and oxygen atoms in total. The van der Waals surface area contributed by atoms with Crippen molar-refractivity contribution in [1.29, 1.82) is 0 Å². The summed E-state index contributed by atoms with van der Waals surface area (Å²) in [6.45, 7) is 1.88. The van der Waals surface area contributed by atoms with Crippen LogP contribution in [0.2, 0.25) is 0 Å². The Bertz CT molecular complexity index is 1060. The lowest BCUT2D eigenvalue weighted by atomic mass is 9.95. The second kappa shape index (κ2) is 6.71. The fraction of sp³-hybridized carbons (Fsp3) is 0.300. The summed E-state index contributed by atoms with van der Waals surface area (Å²) in [6.07, 6.45) is 5.54. The zero-order valence-electron chi connectivity index (χ0n) is 14.7. The highest BCUT2D eigenvalue weighted by Crippen LogP contribution is 2.21. The van der Waals surface area contributed by atoms with Gasteiger partial charge in [0.25, 0.3) is 5.56 Å². The average Bonchev–Trinajstić information content (AvgIpc) is 2.63. The highest BCUT2D eigenvalue weighted by Gasteiger charge is 2.15. The molecule has 6 heteroatoms. The smallest absolute Gasteiger partial charge is 0.263 e. The minimum absolute atomic E-state index is 0.0766. The third-order valence-corrected chi connectivity index (χ3v) is 4.71. The number of nitrogens with zero attached hydrogens (tertiary/aromatic N) is 3. The normalized spacial score (nSPS) is 13.4. The maximum Gasteiger partial charge on any atom is 0.263 e. The molecule has 0 bridgehead atoms. The number of amides is 1. The van der Waals surface area contributed by atoms with Gasteiger partial charge in [0.15, 0.2) is 5.65 Å². The summed E-state index contributed by atoms with van der Waals surface area (Å²) in [7, 11) is 0. The number of carbonyl (C=O) groups excluding carboxylic acids is 1. The number of anilines is 1. The van der Waals surface area contributed by atoms with E-state index >= 15 is 0 Å². The number of hydrogen-bond acceptors (Lipinski definition) is 4. The van der Waals surface area contributed by atoms with E-state index in [4.69, 9.17) is 0 Å². The van der Waals surface area contributed by atoms with Crippen molar-refractivity contribution >= 4 is 22.6 Å². The molecule has 0 spiro atoms. The van der Waals surface area contributed by atoms with E-state index in [1.54, 1.807) is 0 Å². The first-order chi connectivity index (χ1) is 12.6. The third kappa shape index (κ3) is 3.22. The number of nitrogens with one attached hydrogen (secondary N) is 1. The maximum atomic E-state index is 12.8. The summed E-state index contributed by atoms with van der Waals surface area (Å²) in [4.78, 5) is 33.9. The predicted octanol–water partition coefficient (Wildman–Crippen LogP) is 2.62. The van der Waals surface area contributed by atoms with Crippen LogP contribution in [0.3, 0.4) is 0 Å². The van der Waals surface area contributed by atoms with Crippen LogP contribution in [0, 0.1) is 6.92 Å². The van der Waals surface area contributed by atoms with E-state index in [1.165, 1.54) is 10.9 Å². The number of carbonyl (C=O) groups is 1. The van der Waals surface area contributed by atoms with E-state index in [9.17, 15) is 9.59 Å². The topological polar surface area (TPSA) is 76.9 Å². The Morgan fingerprint density at radius 1 is 1.23 bits per heavy atom. The number of benzene rings is 1. The molecule has 0 fully saturated rings. The number of fused-ring (bicyclic) bond motifs is 2. The Morgan fingerprint density at radius 2 is 2.08 bits per heavy atom. The average molecular weight is 348 g/mol. The van der Waals surface area contributed by atoms with Crippen LogP contribution in [0.15, 0.2) is 41.5 Å². The molecule has 1 aromatic carbocycles. The molecule has 3 aromatic rings. The molecule has 26 heavy (non-hydrogen) atoms. The van der Waals surface area contributed by atoms with Gasteiger partial charge in [-0.1, -0.05) is 12.1 Å². The number of rotatable bonds is 3. The fourth-order valence-electron chi connectivity index (χ4n) is 3.40. The van der Waals surface area contributed by atoms with Crippen molar-refractivity contribution in [3.05, 3.63) is 63.8 Å². The molecule has 2 heterocycles. The molecule has 1 aliphatic rings. The first-order valence-electron chi connectivity index (χ1n) is 8.84. The van der Waals surface area contributed by atoms with Crippen molar-refractivity contribution in [3.63, 3.8) is 0 Å². The number of pyridine rings is 1. The van der Waals surface area contributed by atoms with E-state index in [0.29, 0.717) is 16.7 Å². The van der Waals surface area contributed by atoms with Gasteiger partial charge in [-0.3, -0.25) is 14.2 Å². The molecule has 0 aliphatic heterocycles. The largest absolute Gasteiger partial charge is 0.325 e. The monoisotopic (exact) mass is 348 g/mol. The van der Waals surface area contributed by atoms with Gasteiger partial charge in [-0.05, 0) is 61.9 Å². The maximum absolute atomic E-state index is 12.8. The molecule has 0 unspecified atom stereocenters. The molecular weight excluding hydrogens is 328 g/mol. The van der Waals surface area contributed by atoms with Gasteiger partial charge in [0, 0.05) is 11.4 Å². The van der Waals surface area contributed by atoms with Crippen molar-refractivity contribution in [2.24, 2.45) is 0 Å². The lowest BCUT2D eigenvalue weighted by Gasteiger charge is -2.15.